The van der Waals surface area contributed by atoms with Crippen molar-refractivity contribution < 1.29 is 14.6 Å². The Morgan fingerprint density at radius 3 is 2.17 bits per heavy atom. The van der Waals surface area contributed by atoms with E-state index in [1.807, 2.05) is 24.3 Å². The van der Waals surface area contributed by atoms with Gasteiger partial charge in [-0.3, -0.25) is 4.79 Å². The number of aliphatic hydroxyl groups is 1. The summed E-state index contributed by atoms with van der Waals surface area (Å²) in [5.41, 5.74) is 3.23. The molecule has 0 saturated carbocycles. The number of aliphatic hydroxyl groups excluding tert-OH is 1. The van der Waals surface area contributed by atoms with Gasteiger partial charge < -0.3 is 9.84 Å². The van der Waals surface area contributed by atoms with E-state index in [-0.39, 0.29) is 5.97 Å². The van der Waals surface area contributed by atoms with E-state index in [0.29, 0.717) is 12.8 Å². The fraction of sp³-hybridized carbons (Fsp3) is 0.350. The molecule has 0 radical (unpaired) electrons. The molecule has 0 amide bonds. The molecule has 24 heavy (non-hydrogen) atoms. The van der Waals surface area contributed by atoms with Crippen molar-refractivity contribution in [1.82, 2.24) is 0 Å². The van der Waals surface area contributed by atoms with Crippen molar-refractivity contribution in [2.24, 2.45) is 0 Å². The van der Waals surface area contributed by atoms with E-state index in [2.05, 4.69) is 35.3 Å². The van der Waals surface area contributed by atoms with Crippen LogP contribution in [0.4, 0.5) is 0 Å². The number of benzene rings is 2. The zero-order chi connectivity index (χ0) is 17.4. The predicted octanol–water partition coefficient (Wildman–Crippen LogP) is 4.84. The van der Waals surface area contributed by atoms with Crippen LogP contribution in [0, 0.1) is 0 Å². The zero-order valence-electron chi connectivity index (χ0n) is 14.2. The average Bonchev–Trinajstić information content (AvgIpc) is 2.65. The first-order valence-electron chi connectivity index (χ1n) is 8.13. The fourth-order valence-corrected chi connectivity index (χ4v) is 2.97. The van der Waals surface area contributed by atoms with E-state index in [4.69, 9.17) is 0 Å². The maximum absolute atomic E-state index is 11.1. The van der Waals surface area contributed by atoms with Crippen LogP contribution in [0.25, 0.3) is 11.1 Å². The average molecular weight is 344 g/mol. The predicted molar refractivity (Wildman–Crippen MR) is 99.1 cm³/mol. The van der Waals surface area contributed by atoms with Crippen LogP contribution in [0.2, 0.25) is 0 Å². The van der Waals surface area contributed by atoms with Gasteiger partial charge in [-0.1, -0.05) is 36.4 Å². The second-order valence-corrected chi connectivity index (χ2v) is 6.57. The fourth-order valence-electron chi connectivity index (χ4n) is 2.56. The Morgan fingerprint density at radius 2 is 1.62 bits per heavy atom. The number of esters is 1. The van der Waals surface area contributed by atoms with E-state index >= 15 is 0 Å². The Bertz CT molecular complexity index is 635. The lowest BCUT2D eigenvalue weighted by Crippen LogP contribution is -2.01. The first-order chi connectivity index (χ1) is 11.6. The SMILES string of the molecule is COC(=O)CCCCC(O)c1ccc(-c2ccc(SC)cc2)cc1. The summed E-state index contributed by atoms with van der Waals surface area (Å²) in [5, 5.41) is 10.3. The Kier molecular flexibility index (Phi) is 7.35. The van der Waals surface area contributed by atoms with E-state index in [1.165, 1.54) is 17.6 Å². The summed E-state index contributed by atoms with van der Waals surface area (Å²) >= 11 is 1.73. The third-order valence-corrected chi connectivity index (χ3v) is 4.80. The van der Waals surface area contributed by atoms with Crippen LogP contribution in [-0.2, 0) is 9.53 Å². The minimum absolute atomic E-state index is 0.193. The molecule has 4 heteroatoms. The van der Waals surface area contributed by atoms with Gasteiger partial charge in [-0.05, 0) is 54.3 Å². The van der Waals surface area contributed by atoms with Gasteiger partial charge in [0.15, 0.2) is 0 Å². The quantitative estimate of drug-likeness (QED) is 0.423. The standard InChI is InChI=1S/C20H24O3S/c1-23-20(22)6-4-3-5-19(21)17-9-7-15(8-10-17)16-11-13-18(24-2)14-12-16/h7-14,19,21H,3-6H2,1-2H3. The molecule has 128 valence electrons. The Labute approximate surface area is 148 Å². The van der Waals surface area contributed by atoms with Crippen molar-refractivity contribution in [1.29, 1.82) is 0 Å². The van der Waals surface area contributed by atoms with Gasteiger partial charge in [0.05, 0.1) is 13.2 Å². The first-order valence-corrected chi connectivity index (χ1v) is 9.36. The van der Waals surface area contributed by atoms with Crippen molar-refractivity contribution in [2.45, 2.75) is 36.7 Å². The molecule has 2 aromatic carbocycles. The number of ether oxygens (including phenoxy) is 1. The summed E-state index contributed by atoms with van der Waals surface area (Å²) in [6.07, 6.45) is 4.18. The van der Waals surface area contributed by atoms with Crippen LogP contribution in [0.15, 0.2) is 53.4 Å². The first kappa shape index (κ1) is 18.6. The number of unbranched alkanes of at least 4 members (excludes halogenated alkanes) is 1. The lowest BCUT2D eigenvalue weighted by atomic mass is 9.99. The summed E-state index contributed by atoms with van der Waals surface area (Å²) in [6, 6.07) is 16.5. The number of thioether (sulfide) groups is 1. The second kappa shape index (κ2) is 9.50. The van der Waals surface area contributed by atoms with E-state index in [0.717, 1.165) is 24.0 Å². The van der Waals surface area contributed by atoms with Crippen molar-refractivity contribution in [2.75, 3.05) is 13.4 Å². The third kappa shape index (κ3) is 5.39. The number of carbonyl (C=O) groups excluding carboxylic acids is 1. The lowest BCUT2D eigenvalue weighted by Gasteiger charge is -2.12. The van der Waals surface area contributed by atoms with Crippen LogP contribution < -0.4 is 0 Å². The normalized spacial score (nSPS) is 12.0. The molecule has 0 spiro atoms. The van der Waals surface area contributed by atoms with Crippen molar-refractivity contribution in [3.63, 3.8) is 0 Å². The maximum Gasteiger partial charge on any atom is 0.305 e. The van der Waals surface area contributed by atoms with Crippen molar-refractivity contribution in [3.8, 4) is 11.1 Å². The summed E-state index contributed by atoms with van der Waals surface area (Å²) in [4.78, 5) is 12.3. The second-order valence-electron chi connectivity index (χ2n) is 5.69. The molecular weight excluding hydrogens is 320 g/mol. The molecule has 1 unspecified atom stereocenters. The molecule has 0 aliphatic heterocycles. The van der Waals surface area contributed by atoms with Crippen molar-refractivity contribution >= 4 is 17.7 Å². The topological polar surface area (TPSA) is 46.5 Å². The maximum atomic E-state index is 11.1. The molecule has 0 bridgehead atoms. The summed E-state index contributed by atoms with van der Waals surface area (Å²) < 4.78 is 4.61. The third-order valence-electron chi connectivity index (χ3n) is 4.05. The highest BCUT2D eigenvalue weighted by Crippen LogP contribution is 2.26. The molecule has 1 atom stereocenters. The molecule has 3 nitrogen and oxygen atoms in total. The van der Waals surface area contributed by atoms with Gasteiger partial charge >= 0.3 is 5.97 Å². The number of hydrogen-bond acceptors (Lipinski definition) is 4. The highest BCUT2D eigenvalue weighted by atomic mass is 32.2. The largest absolute Gasteiger partial charge is 0.469 e. The molecule has 0 aliphatic rings. The Balaban J connectivity index is 1.89. The molecule has 2 rings (SSSR count). The van der Waals surface area contributed by atoms with E-state index < -0.39 is 6.10 Å². The summed E-state index contributed by atoms with van der Waals surface area (Å²) in [7, 11) is 1.40. The van der Waals surface area contributed by atoms with Gasteiger partial charge in [0.2, 0.25) is 0 Å². The van der Waals surface area contributed by atoms with Gasteiger partial charge in [-0.25, -0.2) is 0 Å². The number of hydrogen-bond donors (Lipinski definition) is 1. The minimum Gasteiger partial charge on any atom is -0.469 e. The lowest BCUT2D eigenvalue weighted by molar-refractivity contribution is -0.140. The monoisotopic (exact) mass is 344 g/mol. The number of methoxy groups -OCH3 is 1. The molecule has 0 saturated heterocycles. The van der Waals surface area contributed by atoms with Gasteiger partial charge in [0.25, 0.3) is 0 Å². The number of carbonyl (C=O) groups is 1. The minimum atomic E-state index is -0.490. The van der Waals surface area contributed by atoms with E-state index in [9.17, 15) is 9.90 Å². The number of rotatable bonds is 8. The molecule has 0 heterocycles. The highest BCUT2D eigenvalue weighted by Gasteiger charge is 2.09. The van der Waals surface area contributed by atoms with Gasteiger partial charge in [0.1, 0.15) is 0 Å². The Hall–Kier alpha value is -1.78. The Morgan fingerprint density at radius 1 is 1.04 bits per heavy atom. The molecule has 0 aromatic heterocycles. The smallest absolute Gasteiger partial charge is 0.305 e. The van der Waals surface area contributed by atoms with E-state index in [1.54, 1.807) is 11.8 Å². The highest BCUT2D eigenvalue weighted by molar-refractivity contribution is 7.98. The van der Waals surface area contributed by atoms with Crippen LogP contribution in [0.5, 0.6) is 0 Å². The molecule has 2 aromatic rings. The zero-order valence-corrected chi connectivity index (χ0v) is 15.0. The van der Waals surface area contributed by atoms with Gasteiger partial charge in [-0.2, -0.15) is 0 Å². The van der Waals surface area contributed by atoms with Crippen LogP contribution in [0.3, 0.4) is 0 Å². The van der Waals surface area contributed by atoms with Crippen LogP contribution >= 0.6 is 11.8 Å². The van der Waals surface area contributed by atoms with Gasteiger partial charge in [-0.15, -0.1) is 11.8 Å². The van der Waals surface area contributed by atoms with Crippen LogP contribution in [-0.4, -0.2) is 24.4 Å². The molecular formula is C20H24O3S. The van der Waals surface area contributed by atoms with Crippen LogP contribution in [0.1, 0.15) is 37.4 Å². The van der Waals surface area contributed by atoms with Crippen molar-refractivity contribution in [3.05, 3.63) is 54.1 Å². The molecule has 0 aliphatic carbocycles. The summed E-state index contributed by atoms with van der Waals surface area (Å²) in [5.74, 6) is -0.193. The summed E-state index contributed by atoms with van der Waals surface area (Å²) in [6.45, 7) is 0. The molecule has 1 N–H and O–H groups in total. The van der Waals surface area contributed by atoms with Gasteiger partial charge in [0, 0.05) is 11.3 Å². The molecule has 0 fully saturated rings.